The molecule has 8 heteroatoms. The van der Waals surface area contributed by atoms with Gasteiger partial charge in [-0.1, -0.05) is 6.92 Å². The van der Waals surface area contributed by atoms with Crippen molar-refractivity contribution in [2.45, 2.75) is 19.8 Å². The van der Waals surface area contributed by atoms with Gasteiger partial charge in [0.2, 0.25) is 5.91 Å². The Morgan fingerprint density at radius 1 is 1.07 bits per heavy atom. The highest BCUT2D eigenvalue weighted by Gasteiger charge is 2.13. The van der Waals surface area contributed by atoms with E-state index in [-0.39, 0.29) is 5.91 Å². The molecule has 0 spiro atoms. The van der Waals surface area contributed by atoms with Gasteiger partial charge in [0.25, 0.3) is 0 Å². The SMILES string of the molecule is CCCC(=O)Nc1cncc(-c2cnc3n[nH]c(-c4cc5ccncc5[nH]4)c3c2)c1. The van der Waals surface area contributed by atoms with E-state index in [9.17, 15) is 4.79 Å². The number of pyridine rings is 3. The molecule has 8 nitrogen and oxygen atoms in total. The second-order valence-electron chi connectivity index (χ2n) is 7.10. The van der Waals surface area contributed by atoms with E-state index in [2.05, 4.69) is 41.5 Å². The summed E-state index contributed by atoms with van der Waals surface area (Å²) in [4.78, 5) is 28.2. The number of nitrogens with one attached hydrogen (secondary N) is 3. The Morgan fingerprint density at radius 3 is 2.83 bits per heavy atom. The lowest BCUT2D eigenvalue weighted by molar-refractivity contribution is -0.116. The van der Waals surface area contributed by atoms with Gasteiger partial charge in [0.1, 0.15) is 0 Å². The first-order valence-corrected chi connectivity index (χ1v) is 9.74. The normalized spacial score (nSPS) is 11.2. The molecule has 3 N–H and O–H groups in total. The van der Waals surface area contributed by atoms with E-state index in [4.69, 9.17) is 0 Å². The molecule has 5 aromatic rings. The molecular weight excluding hydrogens is 378 g/mol. The molecule has 5 rings (SSSR count). The molecule has 0 aliphatic rings. The minimum absolute atomic E-state index is 0.0181. The van der Waals surface area contributed by atoms with Gasteiger partial charge in [-0.3, -0.25) is 19.9 Å². The molecule has 0 unspecified atom stereocenters. The van der Waals surface area contributed by atoms with E-state index in [1.807, 2.05) is 25.1 Å². The summed E-state index contributed by atoms with van der Waals surface area (Å²) in [5, 5.41) is 12.3. The number of hydrogen-bond donors (Lipinski definition) is 3. The zero-order chi connectivity index (χ0) is 20.5. The lowest BCUT2D eigenvalue weighted by Gasteiger charge is -2.07. The van der Waals surface area contributed by atoms with E-state index in [0.717, 1.165) is 45.2 Å². The molecule has 0 saturated carbocycles. The first-order chi connectivity index (χ1) is 14.7. The number of nitrogens with zero attached hydrogens (tertiary/aromatic N) is 4. The van der Waals surface area contributed by atoms with Crippen molar-refractivity contribution in [3.8, 4) is 22.5 Å². The number of hydrogen-bond acceptors (Lipinski definition) is 5. The molecule has 0 aromatic carbocycles. The maximum Gasteiger partial charge on any atom is 0.224 e. The summed E-state index contributed by atoms with van der Waals surface area (Å²) in [7, 11) is 0. The Bertz CT molecular complexity index is 1340. The lowest BCUT2D eigenvalue weighted by Crippen LogP contribution is -2.10. The second-order valence-corrected chi connectivity index (χ2v) is 7.10. The van der Waals surface area contributed by atoms with Gasteiger partial charge in [-0.15, -0.1) is 0 Å². The van der Waals surface area contributed by atoms with E-state index in [1.54, 1.807) is 31.0 Å². The fraction of sp³-hybridized carbons (Fsp3) is 0.136. The molecule has 0 fully saturated rings. The summed E-state index contributed by atoms with van der Waals surface area (Å²) in [6.07, 6.45) is 10.0. The highest BCUT2D eigenvalue weighted by atomic mass is 16.1. The standard InChI is InChI=1S/C22H19N7O/c1-2-3-20(30)26-16-6-14(9-24-11-16)15-7-17-21(28-29-22(17)25-10-15)18-8-13-4-5-23-12-19(13)27-18/h4-12,27H,2-3H2,1H3,(H,26,30)(H,25,28,29). The van der Waals surface area contributed by atoms with Gasteiger partial charge in [0, 0.05) is 46.9 Å². The van der Waals surface area contributed by atoms with Crippen LogP contribution in [0.4, 0.5) is 5.69 Å². The number of aromatic amines is 2. The average molecular weight is 397 g/mol. The van der Waals surface area contributed by atoms with Crippen LogP contribution in [-0.4, -0.2) is 36.0 Å². The van der Waals surface area contributed by atoms with Crippen molar-refractivity contribution >= 4 is 33.5 Å². The number of rotatable bonds is 5. The lowest BCUT2D eigenvalue weighted by atomic mass is 10.1. The molecule has 0 saturated heterocycles. The van der Waals surface area contributed by atoms with Crippen LogP contribution in [0.1, 0.15) is 19.8 Å². The number of carbonyl (C=O) groups excluding carboxylic acids is 1. The molecule has 0 radical (unpaired) electrons. The van der Waals surface area contributed by atoms with Crippen LogP contribution in [-0.2, 0) is 4.79 Å². The molecular formula is C22H19N7O. The van der Waals surface area contributed by atoms with Gasteiger partial charge in [-0.05, 0) is 30.7 Å². The molecule has 148 valence electrons. The van der Waals surface area contributed by atoms with Crippen molar-refractivity contribution in [2.24, 2.45) is 0 Å². The summed E-state index contributed by atoms with van der Waals surface area (Å²) >= 11 is 0. The number of H-pyrrole nitrogens is 2. The number of aromatic nitrogens is 6. The molecule has 0 aliphatic heterocycles. The van der Waals surface area contributed by atoms with Crippen molar-refractivity contribution in [1.29, 1.82) is 0 Å². The van der Waals surface area contributed by atoms with Gasteiger partial charge >= 0.3 is 0 Å². The summed E-state index contributed by atoms with van der Waals surface area (Å²) < 4.78 is 0. The third-order valence-corrected chi connectivity index (χ3v) is 4.94. The van der Waals surface area contributed by atoms with E-state index >= 15 is 0 Å². The van der Waals surface area contributed by atoms with Gasteiger partial charge in [0.15, 0.2) is 5.65 Å². The van der Waals surface area contributed by atoms with Gasteiger partial charge < -0.3 is 10.3 Å². The zero-order valence-electron chi connectivity index (χ0n) is 16.3. The Kier molecular flexibility index (Phi) is 4.44. The topological polar surface area (TPSA) is 112 Å². The molecule has 5 aromatic heterocycles. The second kappa shape index (κ2) is 7.40. The van der Waals surface area contributed by atoms with Gasteiger partial charge in [-0.2, -0.15) is 5.10 Å². The van der Waals surface area contributed by atoms with Crippen molar-refractivity contribution in [3.05, 3.63) is 55.2 Å². The summed E-state index contributed by atoms with van der Waals surface area (Å²) in [5.74, 6) is -0.0181. The van der Waals surface area contributed by atoms with Gasteiger partial charge in [-0.25, -0.2) is 4.98 Å². The first-order valence-electron chi connectivity index (χ1n) is 9.74. The summed E-state index contributed by atoms with van der Waals surface area (Å²) in [6, 6.07) is 7.95. The third-order valence-electron chi connectivity index (χ3n) is 4.94. The monoisotopic (exact) mass is 397 g/mol. The van der Waals surface area contributed by atoms with Gasteiger partial charge in [0.05, 0.1) is 35.0 Å². The smallest absolute Gasteiger partial charge is 0.224 e. The molecule has 30 heavy (non-hydrogen) atoms. The fourth-order valence-corrected chi connectivity index (χ4v) is 3.49. The minimum atomic E-state index is -0.0181. The van der Waals surface area contributed by atoms with Crippen LogP contribution in [0.25, 0.3) is 44.5 Å². The Hall–Kier alpha value is -4.07. The highest BCUT2D eigenvalue weighted by Crippen LogP contribution is 2.30. The van der Waals surface area contributed by atoms with E-state index in [0.29, 0.717) is 17.8 Å². The van der Waals surface area contributed by atoms with Crippen molar-refractivity contribution < 1.29 is 4.79 Å². The first kappa shape index (κ1) is 18.0. The number of fused-ring (bicyclic) bond motifs is 2. The molecule has 5 heterocycles. The highest BCUT2D eigenvalue weighted by molar-refractivity contribution is 5.96. The predicted molar refractivity (Wildman–Crippen MR) is 116 cm³/mol. The van der Waals surface area contributed by atoms with E-state index < -0.39 is 0 Å². The number of carbonyl (C=O) groups is 1. The van der Waals surface area contributed by atoms with Crippen LogP contribution in [0.5, 0.6) is 0 Å². The van der Waals surface area contributed by atoms with Crippen LogP contribution < -0.4 is 5.32 Å². The number of anilines is 1. The van der Waals surface area contributed by atoms with Crippen LogP contribution in [0, 0.1) is 0 Å². The number of amides is 1. The molecule has 0 atom stereocenters. The third kappa shape index (κ3) is 3.28. The Labute approximate surface area is 171 Å². The molecule has 0 bridgehead atoms. The van der Waals surface area contributed by atoms with Crippen molar-refractivity contribution in [3.63, 3.8) is 0 Å². The van der Waals surface area contributed by atoms with Crippen LogP contribution in [0.3, 0.4) is 0 Å². The van der Waals surface area contributed by atoms with Crippen molar-refractivity contribution in [2.75, 3.05) is 5.32 Å². The van der Waals surface area contributed by atoms with Crippen LogP contribution >= 0.6 is 0 Å². The van der Waals surface area contributed by atoms with Crippen LogP contribution in [0.2, 0.25) is 0 Å². The minimum Gasteiger partial charge on any atom is -0.352 e. The Morgan fingerprint density at radius 2 is 1.97 bits per heavy atom. The summed E-state index contributed by atoms with van der Waals surface area (Å²) in [6.45, 7) is 1.97. The maximum absolute atomic E-state index is 11.9. The quantitative estimate of drug-likeness (QED) is 0.409. The molecule has 1 amide bonds. The predicted octanol–water partition coefficient (Wildman–Crippen LogP) is 4.30. The maximum atomic E-state index is 11.9. The largest absolute Gasteiger partial charge is 0.352 e. The average Bonchev–Trinajstić information content (AvgIpc) is 3.37. The van der Waals surface area contributed by atoms with E-state index in [1.165, 1.54) is 0 Å². The van der Waals surface area contributed by atoms with Crippen LogP contribution in [0.15, 0.2) is 55.2 Å². The Balaban J connectivity index is 1.54. The fourth-order valence-electron chi connectivity index (χ4n) is 3.49. The zero-order valence-corrected chi connectivity index (χ0v) is 16.3. The summed E-state index contributed by atoms with van der Waals surface area (Å²) in [5.41, 5.74) is 5.79. The van der Waals surface area contributed by atoms with Crippen molar-refractivity contribution in [1.82, 2.24) is 30.1 Å². The molecule has 0 aliphatic carbocycles.